The third kappa shape index (κ3) is 3.30. The van der Waals surface area contributed by atoms with Gasteiger partial charge >= 0.3 is 0 Å². The molecule has 1 aromatic heterocycles. The fourth-order valence-electron chi connectivity index (χ4n) is 1.86. The highest BCUT2D eigenvalue weighted by atomic mass is 35.5. The summed E-state index contributed by atoms with van der Waals surface area (Å²) in [6.45, 7) is 0. The molecule has 3 aromatic rings. The van der Waals surface area contributed by atoms with E-state index >= 15 is 0 Å². The van der Waals surface area contributed by atoms with Crippen molar-refractivity contribution in [2.45, 2.75) is 0 Å². The van der Waals surface area contributed by atoms with Gasteiger partial charge in [0.25, 0.3) is 5.89 Å². The topological polar surface area (TPSA) is 59.2 Å². The minimum absolute atomic E-state index is 0.158. The lowest BCUT2D eigenvalue weighted by Gasteiger charge is -1.96. The molecular weight excluding hydrogens is 323 g/mol. The van der Waals surface area contributed by atoms with Crippen molar-refractivity contribution in [1.29, 1.82) is 0 Å². The van der Waals surface area contributed by atoms with Gasteiger partial charge in [0.05, 0.1) is 0 Å². The maximum absolute atomic E-state index is 9.44. The van der Waals surface area contributed by atoms with E-state index in [1.54, 1.807) is 54.6 Å². The second-order valence-corrected chi connectivity index (χ2v) is 5.36. The molecule has 0 saturated heterocycles. The van der Waals surface area contributed by atoms with Crippen LogP contribution in [0.25, 0.3) is 22.5 Å². The van der Waals surface area contributed by atoms with Crippen LogP contribution in [0.2, 0.25) is 5.02 Å². The van der Waals surface area contributed by atoms with Crippen molar-refractivity contribution < 1.29 is 9.63 Å². The van der Waals surface area contributed by atoms with E-state index in [0.717, 1.165) is 11.1 Å². The molecule has 4 nitrogen and oxygen atoms in total. The predicted octanol–water partition coefficient (Wildman–Crippen LogP) is 4.83. The number of rotatable bonds is 3. The van der Waals surface area contributed by atoms with Crippen molar-refractivity contribution in [3.8, 4) is 17.1 Å². The van der Waals surface area contributed by atoms with Gasteiger partial charge in [-0.25, -0.2) is 0 Å². The third-order valence-electron chi connectivity index (χ3n) is 2.90. The van der Waals surface area contributed by atoms with Crippen molar-refractivity contribution in [3.63, 3.8) is 0 Å². The molecule has 1 heterocycles. The predicted molar refractivity (Wildman–Crippen MR) is 86.6 cm³/mol. The second-order valence-electron chi connectivity index (χ2n) is 4.52. The summed E-state index contributed by atoms with van der Waals surface area (Å²) in [6.07, 6.45) is 1.64. The highest BCUT2D eigenvalue weighted by Gasteiger charge is 2.11. The van der Waals surface area contributed by atoms with Gasteiger partial charge in [0.1, 0.15) is 10.8 Å². The summed E-state index contributed by atoms with van der Waals surface area (Å²) in [5.74, 6) is 0.787. The van der Waals surface area contributed by atoms with Gasteiger partial charge in [-0.3, -0.25) is 0 Å². The first-order valence-corrected chi connectivity index (χ1v) is 7.14. The minimum Gasteiger partial charge on any atom is -0.508 e. The van der Waals surface area contributed by atoms with Gasteiger partial charge in [-0.1, -0.05) is 40.5 Å². The van der Waals surface area contributed by atoms with E-state index in [-0.39, 0.29) is 11.6 Å². The molecule has 1 N–H and O–H groups in total. The van der Waals surface area contributed by atoms with Crippen molar-refractivity contribution in [1.82, 2.24) is 10.1 Å². The average molecular weight is 333 g/mol. The molecular formula is C16H10Cl2N2O2. The molecule has 0 unspecified atom stereocenters. The molecule has 2 aromatic carbocycles. The number of phenolic OH excluding ortho intramolecular Hbond substituents is 1. The van der Waals surface area contributed by atoms with Gasteiger partial charge in [0, 0.05) is 10.6 Å². The van der Waals surface area contributed by atoms with Crippen molar-refractivity contribution in [2.75, 3.05) is 0 Å². The Morgan fingerprint density at radius 1 is 1.14 bits per heavy atom. The van der Waals surface area contributed by atoms with E-state index in [2.05, 4.69) is 10.1 Å². The second kappa shape index (κ2) is 6.22. The van der Waals surface area contributed by atoms with Gasteiger partial charge in [-0.05, 0) is 48.0 Å². The first-order chi connectivity index (χ1) is 10.6. The maximum atomic E-state index is 9.44. The molecule has 6 heteroatoms. The molecule has 0 spiro atoms. The Balaban J connectivity index is 1.88. The number of phenols is 1. The van der Waals surface area contributed by atoms with E-state index < -0.39 is 0 Å². The normalized spacial score (nSPS) is 11.6. The van der Waals surface area contributed by atoms with E-state index in [1.807, 2.05) is 0 Å². The highest BCUT2D eigenvalue weighted by molar-refractivity contribution is 6.50. The molecule has 110 valence electrons. The van der Waals surface area contributed by atoms with E-state index in [9.17, 15) is 5.11 Å². The van der Waals surface area contributed by atoms with Crippen LogP contribution in [0.15, 0.2) is 53.1 Å². The molecule has 22 heavy (non-hydrogen) atoms. The van der Waals surface area contributed by atoms with Crippen molar-refractivity contribution in [2.24, 2.45) is 0 Å². The van der Waals surface area contributed by atoms with Crippen LogP contribution in [-0.2, 0) is 0 Å². The van der Waals surface area contributed by atoms with Crippen molar-refractivity contribution in [3.05, 3.63) is 65.0 Å². The lowest BCUT2D eigenvalue weighted by atomic mass is 10.2. The summed E-state index contributed by atoms with van der Waals surface area (Å²) in [7, 11) is 0. The molecule has 0 fully saturated rings. The molecule has 0 radical (unpaired) electrons. The summed E-state index contributed by atoms with van der Waals surface area (Å²) in [5.41, 5.74) is 1.51. The fourth-order valence-corrected chi connectivity index (χ4v) is 2.19. The summed E-state index contributed by atoms with van der Waals surface area (Å²) in [5, 5.41) is 14.3. The van der Waals surface area contributed by atoms with E-state index in [1.165, 1.54) is 0 Å². The fraction of sp³-hybridized carbons (Fsp3) is 0. The Kier molecular flexibility index (Phi) is 4.13. The quantitative estimate of drug-likeness (QED) is 0.746. The number of hydrogen-bond acceptors (Lipinski definition) is 4. The monoisotopic (exact) mass is 332 g/mol. The number of nitrogens with zero attached hydrogens (tertiary/aromatic N) is 2. The Morgan fingerprint density at radius 3 is 2.64 bits per heavy atom. The van der Waals surface area contributed by atoms with Crippen LogP contribution in [0, 0.1) is 0 Å². The smallest absolute Gasteiger partial charge is 0.269 e. The first kappa shape index (κ1) is 14.6. The van der Waals surface area contributed by atoms with Gasteiger partial charge < -0.3 is 9.63 Å². The molecule has 3 rings (SSSR count). The number of hydrogen-bond donors (Lipinski definition) is 1. The summed E-state index contributed by atoms with van der Waals surface area (Å²) >= 11 is 12.0. The largest absolute Gasteiger partial charge is 0.508 e. The SMILES string of the molecule is Oc1cccc(/C=C(\Cl)c2nc(-c3ccc(Cl)cc3)no2)c1. The molecule has 0 aliphatic heterocycles. The molecule has 0 atom stereocenters. The Bertz CT molecular complexity index is 826. The van der Waals surface area contributed by atoms with Crippen molar-refractivity contribution >= 4 is 34.3 Å². The average Bonchev–Trinajstić information content (AvgIpc) is 2.98. The summed E-state index contributed by atoms with van der Waals surface area (Å²) < 4.78 is 5.16. The minimum atomic E-state index is 0.158. The summed E-state index contributed by atoms with van der Waals surface area (Å²) in [4.78, 5) is 4.25. The number of halogens is 2. The van der Waals surface area contributed by atoms with Crippen LogP contribution in [0.4, 0.5) is 0 Å². The van der Waals surface area contributed by atoms with Crippen LogP contribution < -0.4 is 0 Å². The molecule has 0 amide bonds. The van der Waals surface area contributed by atoms with Gasteiger partial charge in [0.15, 0.2) is 0 Å². The van der Waals surface area contributed by atoms with Gasteiger partial charge in [0.2, 0.25) is 5.82 Å². The van der Waals surface area contributed by atoms with Crippen LogP contribution in [0.5, 0.6) is 5.75 Å². The lowest BCUT2D eigenvalue weighted by Crippen LogP contribution is -1.81. The van der Waals surface area contributed by atoms with Crippen LogP contribution in [0.3, 0.4) is 0 Å². The van der Waals surface area contributed by atoms with Crippen LogP contribution in [0.1, 0.15) is 11.5 Å². The zero-order valence-corrected chi connectivity index (χ0v) is 12.7. The summed E-state index contributed by atoms with van der Waals surface area (Å²) in [6, 6.07) is 13.8. The molecule has 0 saturated carbocycles. The number of benzene rings is 2. The number of aromatic hydroxyl groups is 1. The highest BCUT2D eigenvalue weighted by Crippen LogP contribution is 2.25. The maximum Gasteiger partial charge on any atom is 0.269 e. The zero-order chi connectivity index (χ0) is 15.5. The third-order valence-corrected chi connectivity index (χ3v) is 3.42. The molecule has 0 aliphatic carbocycles. The Morgan fingerprint density at radius 2 is 1.91 bits per heavy atom. The first-order valence-electron chi connectivity index (χ1n) is 6.38. The Labute approximate surface area is 136 Å². The molecule has 0 aliphatic rings. The van der Waals surface area contributed by atoms with E-state index in [0.29, 0.717) is 15.9 Å². The zero-order valence-electron chi connectivity index (χ0n) is 11.2. The van der Waals surface area contributed by atoms with Crippen LogP contribution >= 0.6 is 23.2 Å². The standard InChI is InChI=1S/C16H10Cl2N2O2/c17-12-6-4-11(5-7-12)15-19-16(22-20-15)14(18)9-10-2-1-3-13(21)8-10/h1-9,21H/b14-9-. The lowest BCUT2D eigenvalue weighted by molar-refractivity contribution is 0.410. The van der Waals surface area contributed by atoms with E-state index in [4.69, 9.17) is 27.7 Å². The molecule has 0 bridgehead atoms. The number of aromatic nitrogens is 2. The van der Waals surface area contributed by atoms with Gasteiger partial charge in [-0.2, -0.15) is 4.98 Å². The Hall–Kier alpha value is -2.30. The van der Waals surface area contributed by atoms with Crippen LogP contribution in [-0.4, -0.2) is 15.2 Å². The van der Waals surface area contributed by atoms with Gasteiger partial charge in [-0.15, -0.1) is 0 Å².